The Morgan fingerprint density at radius 3 is 2.47 bits per heavy atom. The molecule has 0 radical (unpaired) electrons. The van der Waals surface area contributed by atoms with Gasteiger partial charge in [0.05, 0.1) is 29.3 Å². The third-order valence-corrected chi connectivity index (χ3v) is 5.61. The Balaban J connectivity index is 1.60. The van der Waals surface area contributed by atoms with Gasteiger partial charge in [-0.05, 0) is 48.9 Å². The summed E-state index contributed by atoms with van der Waals surface area (Å²) in [6.07, 6.45) is 5.34. The molecular weight excluding hydrogens is 408 g/mol. The van der Waals surface area contributed by atoms with Crippen LogP contribution in [-0.2, 0) is 4.74 Å². The molecule has 1 saturated heterocycles. The molecule has 9 nitrogen and oxygen atoms in total. The number of nitro groups is 1. The second-order valence-corrected chi connectivity index (χ2v) is 7.59. The normalized spacial score (nSPS) is 14.0. The van der Waals surface area contributed by atoms with Crippen LogP contribution < -0.4 is 9.91 Å². The minimum Gasteiger partial charge on any atom is -0.378 e. The highest BCUT2D eigenvalue weighted by Gasteiger charge is 2.20. The number of fused-ring (bicyclic) bond motifs is 1. The van der Waals surface area contributed by atoms with Crippen molar-refractivity contribution < 1.29 is 9.66 Å². The molecule has 0 unspecified atom stereocenters. The molecular formula is C23H22N6O3. The fraction of sp³-hybridized carbons (Fsp3) is 0.217. The third-order valence-electron chi connectivity index (χ3n) is 5.61. The fourth-order valence-corrected chi connectivity index (χ4v) is 4.00. The first-order chi connectivity index (χ1) is 15.6. The minimum atomic E-state index is -0.376. The first-order valence-electron chi connectivity index (χ1n) is 10.4. The molecule has 0 spiro atoms. The Hall–Kier alpha value is -3.98. The molecule has 2 aromatic carbocycles. The first kappa shape index (κ1) is 20.0. The van der Waals surface area contributed by atoms with Crippen molar-refractivity contribution in [2.75, 3.05) is 36.2 Å². The molecule has 4 aromatic rings. The number of anilines is 3. The molecule has 2 aromatic heterocycles. The molecule has 0 bridgehead atoms. The number of aromatic nitrogens is 3. The van der Waals surface area contributed by atoms with Crippen molar-refractivity contribution in [2.24, 2.45) is 0 Å². The molecule has 162 valence electrons. The highest BCUT2D eigenvalue weighted by atomic mass is 16.6. The van der Waals surface area contributed by atoms with Crippen molar-refractivity contribution in [1.82, 2.24) is 14.6 Å². The monoisotopic (exact) mass is 430 g/mol. The van der Waals surface area contributed by atoms with E-state index in [4.69, 9.17) is 4.74 Å². The Kier molecular flexibility index (Phi) is 5.16. The van der Waals surface area contributed by atoms with Crippen LogP contribution in [0.1, 0.15) is 5.56 Å². The standard InChI is InChI=1S/C23H22N6O3/c1-17-16-27(22-8-7-20(29(30)31)15-21(17)22)28(23-24-9-2-10-25-23)19-5-3-18(4-6-19)26-11-13-32-14-12-26/h2-10,15-16H,11-14H2,1H3. The summed E-state index contributed by atoms with van der Waals surface area (Å²) in [4.78, 5) is 22.1. The van der Waals surface area contributed by atoms with Crippen LogP contribution in [-0.4, -0.2) is 45.9 Å². The molecule has 1 aliphatic heterocycles. The molecule has 0 atom stereocenters. The van der Waals surface area contributed by atoms with Crippen LogP contribution in [0.5, 0.6) is 0 Å². The number of hydrogen-bond donors (Lipinski definition) is 0. The van der Waals surface area contributed by atoms with Crippen molar-refractivity contribution in [3.05, 3.63) is 82.8 Å². The van der Waals surface area contributed by atoms with Crippen LogP contribution in [0, 0.1) is 17.0 Å². The van der Waals surface area contributed by atoms with Gasteiger partial charge in [-0.25, -0.2) is 15.0 Å². The van der Waals surface area contributed by atoms with Crippen molar-refractivity contribution in [3.63, 3.8) is 0 Å². The Labute approximate surface area is 184 Å². The Bertz CT molecular complexity index is 1250. The summed E-state index contributed by atoms with van der Waals surface area (Å²) in [5, 5.41) is 14.0. The van der Waals surface area contributed by atoms with Crippen molar-refractivity contribution in [1.29, 1.82) is 0 Å². The van der Waals surface area contributed by atoms with Crippen molar-refractivity contribution in [3.8, 4) is 0 Å². The molecule has 0 saturated carbocycles. The van der Waals surface area contributed by atoms with Gasteiger partial charge in [0.15, 0.2) is 0 Å². The van der Waals surface area contributed by atoms with Gasteiger partial charge >= 0.3 is 0 Å². The quantitative estimate of drug-likeness (QED) is 0.348. The maximum atomic E-state index is 11.3. The van der Waals surface area contributed by atoms with Crippen LogP contribution in [0.2, 0.25) is 0 Å². The predicted octanol–water partition coefficient (Wildman–Crippen LogP) is 4.09. The summed E-state index contributed by atoms with van der Waals surface area (Å²) in [6.45, 7) is 5.13. The number of nitro benzene ring substituents is 1. The molecule has 9 heteroatoms. The van der Waals surface area contributed by atoms with Crippen LogP contribution in [0.4, 0.5) is 23.0 Å². The summed E-state index contributed by atoms with van der Waals surface area (Å²) in [7, 11) is 0. The van der Waals surface area contributed by atoms with Gasteiger partial charge in [0, 0.05) is 54.9 Å². The molecule has 1 fully saturated rings. The number of aryl methyl sites for hydroxylation is 1. The van der Waals surface area contributed by atoms with Gasteiger partial charge in [0.2, 0.25) is 5.95 Å². The average molecular weight is 430 g/mol. The molecule has 0 N–H and O–H groups in total. The lowest BCUT2D eigenvalue weighted by Gasteiger charge is -2.30. The summed E-state index contributed by atoms with van der Waals surface area (Å²) in [6, 6.07) is 14.9. The molecule has 3 heterocycles. The fourth-order valence-electron chi connectivity index (χ4n) is 4.00. The Morgan fingerprint density at radius 1 is 1.06 bits per heavy atom. The van der Waals surface area contributed by atoms with E-state index in [2.05, 4.69) is 27.0 Å². The van der Waals surface area contributed by atoms with Gasteiger partial charge in [-0.2, -0.15) is 0 Å². The van der Waals surface area contributed by atoms with Crippen LogP contribution in [0.25, 0.3) is 10.9 Å². The van der Waals surface area contributed by atoms with E-state index < -0.39 is 0 Å². The summed E-state index contributed by atoms with van der Waals surface area (Å²) in [5.74, 6) is 0.502. The maximum absolute atomic E-state index is 11.3. The summed E-state index contributed by atoms with van der Waals surface area (Å²) >= 11 is 0. The molecule has 1 aliphatic rings. The zero-order valence-electron chi connectivity index (χ0n) is 17.6. The van der Waals surface area contributed by atoms with Gasteiger partial charge in [-0.1, -0.05) is 0 Å². The van der Waals surface area contributed by atoms with E-state index in [0.717, 1.165) is 54.1 Å². The molecule has 32 heavy (non-hydrogen) atoms. The first-order valence-corrected chi connectivity index (χ1v) is 10.4. The second kappa shape index (κ2) is 8.27. The lowest BCUT2D eigenvalue weighted by atomic mass is 10.2. The summed E-state index contributed by atoms with van der Waals surface area (Å²) in [5.41, 5.74) is 3.83. The number of rotatable bonds is 5. The highest BCUT2D eigenvalue weighted by Crippen LogP contribution is 2.32. The largest absolute Gasteiger partial charge is 0.378 e. The van der Waals surface area contributed by atoms with Gasteiger partial charge in [0.1, 0.15) is 0 Å². The van der Waals surface area contributed by atoms with Gasteiger partial charge in [-0.3, -0.25) is 14.8 Å². The van der Waals surface area contributed by atoms with E-state index in [1.165, 1.54) is 6.07 Å². The SMILES string of the molecule is Cc1cn(N(c2ccc(N3CCOCC3)cc2)c2ncccn2)c2ccc([N+](=O)[O-])cc12. The van der Waals surface area contributed by atoms with Gasteiger partial charge < -0.3 is 9.64 Å². The van der Waals surface area contributed by atoms with Crippen LogP contribution >= 0.6 is 0 Å². The number of nitrogens with zero attached hydrogens (tertiary/aromatic N) is 6. The molecule has 0 aliphatic carbocycles. The van der Waals surface area contributed by atoms with Crippen molar-refractivity contribution in [2.45, 2.75) is 6.92 Å². The lowest BCUT2D eigenvalue weighted by molar-refractivity contribution is -0.384. The summed E-state index contributed by atoms with van der Waals surface area (Å²) < 4.78 is 7.39. The van der Waals surface area contributed by atoms with E-state index >= 15 is 0 Å². The highest BCUT2D eigenvalue weighted by molar-refractivity contribution is 5.87. The third kappa shape index (κ3) is 3.63. The smallest absolute Gasteiger partial charge is 0.270 e. The van der Waals surface area contributed by atoms with Gasteiger partial charge in [0.25, 0.3) is 5.69 Å². The number of ether oxygens (including phenoxy) is 1. The van der Waals surface area contributed by atoms with Crippen molar-refractivity contribution >= 4 is 33.9 Å². The maximum Gasteiger partial charge on any atom is 0.270 e. The minimum absolute atomic E-state index is 0.0655. The zero-order chi connectivity index (χ0) is 22.1. The van der Waals surface area contributed by atoms with E-state index in [1.54, 1.807) is 30.6 Å². The predicted molar refractivity (Wildman–Crippen MR) is 122 cm³/mol. The second-order valence-electron chi connectivity index (χ2n) is 7.59. The van der Waals surface area contributed by atoms with Crippen LogP contribution in [0.3, 0.4) is 0 Å². The van der Waals surface area contributed by atoms with E-state index in [0.29, 0.717) is 5.95 Å². The van der Waals surface area contributed by atoms with E-state index in [-0.39, 0.29) is 10.6 Å². The number of non-ortho nitro benzene ring substituents is 1. The van der Waals surface area contributed by atoms with Crippen LogP contribution in [0.15, 0.2) is 67.1 Å². The Morgan fingerprint density at radius 2 is 1.78 bits per heavy atom. The van der Waals surface area contributed by atoms with Gasteiger partial charge in [-0.15, -0.1) is 0 Å². The molecule has 0 amide bonds. The molecule has 5 rings (SSSR count). The zero-order valence-corrected chi connectivity index (χ0v) is 17.6. The lowest BCUT2D eigenvalue weighted by Crippen LogP contribution is -2.36. The van der Waals surface area contributed by atoms with E-state index in [1.807, 2.05) is 34.9 Å². The average Bonchev–Trinajstić information content (AvgIpc) is 3.16. The number of hydrogen-bond acceptors (Lipinski definition) is 7. The van der Waals surface area contributed by atoms with E-state index in [9.17, 15) is 10.1 Å². The number of benzene rings is 2. The number of morpholine rings is 1. The topological polar surface area (TPSA) is 89.6 Å².